The first kappa shape index (κ1) is 15.2. The largest absolute Gasteiger partial charge is 0.395 e. The number of benzene rings is 2. The van der Waals surface area contributed by atoms with Gasteiger partial charge in [0.05, 0.1) is 13.2 Å². The molecule has 3 heteroatoms. The molecule has 2 rings (SSSR count). The summed E-state index contributed by atoms with van der Waals surface area (Å²) >= 11 is 3.41. The lowest BCUT2D eigenvalue weighted by atomic mass is 9.77. The Labute approximate surface area is 128 Å². The molecule has 0 saturated heterocycles. The second-order valence-corrected chi connectivity index (χ2v) is 6.18. The summed E-state index contributed by atoms with van der Waals surface area (Å²) in [6.45, 7) is 1.88. The number of hydrogen-bond donors (Lipinski definition) is 2. The summed E-state index contributed by atoms with van der Waals surface area (Å²) in [5, 5.41) is 19.7. The van der Waals surface area contributed by atoms with Gasteiger partial charge in [-0.15, -0.1) is 0 Å². The quantitative estimate of drug-likeness (QED) is 0.881. The summed E-state index contributed by atoms with van der Waals surface area (Å²) in [5.41, 5.74) is 2.62. The average molecular weight is 335 g/mol. The molecule has 2 aromatic carbocycles. The minimum Gasteiger partial charge on any atom is -0.395 e. The molecular weight excluding hydrogens is 316 g/mol. The van der Waals surface area contributed by atoms with Gasteiger partial charge < -0.3 is 10.2 Å². The fourth-order valence-corrected chi connectivity index (χ4v) is 2.61. The van der Waals surface area contributed by atoms with Crippen LogP contribution in [0.15, 0.2) is 53.0 Å². The Kier molecular flexibility index (Phi) is 4.97. The first-order chi connectivity index (χ1) is 9.59. The molecule has 0 unspecified atom stereocenters. The summed E-state index contributed by atoms with van der Waals surface area (Å²) < 4.78 is 0.987. The van der Waals surface area contributed by atoms with Crippen LogP contribution in [0, 0.1) is 6.92 Å². The maximum Gasteiger partial charge on any atom is 0.0553 e. The zero-order chi connectivity index (χ0) is 14.6. The Morgan fingerprint density at radius 2 is 1.45 bits per heavy atom. The number of aliphatic hydroxyl groups excluding tert-OH is 2. The lowest BCUT2D eigenvalue weighted by Crippen LogP contribution is -2.37. The Balaban J connectivity index is 2.33. The maximum atomic E-state index is 9.84. The van der Waals surface area contributed by atoms with E-state index in [2.05, 4.69) is 28.1 Å². The van der Waals surface area contributed by atoms with Gasteiger partial charge in [-0.2, -0.15) is 0 Å². The fraction of sp³-hybridized carbons (Fsp3) is 0.294. The van der Waals surface area contributed by atoms with Crippen LogP contribution >= 0.6 is 15.9 Å². The van der Waals surface area contributed by atoms with Crippen molar-refractivity contribution in [3.8, 4) is 0 Å². The predicted octanol–water partition coefficient (Wildman–Crippen LogP) is 3.22. The van der Waals surface area contributed by atoms with Crippen LogP contribution in [-0.4, -0.2) is 23.4 Å². The standard InChI is InChI=1S/C17H19BrO2/c1-13-2-4-14(5-3-13)10-17(11-19,12-20)15-6-8-16(18)9-7-15/h2-9,19-20H,10-12H2,1H3. The van der Waals surface area contributed by atoms with E-state index >= 15 is 0 Å². The SMILES string of the molecule is Cc1ccc(CC(CO)(CO)c2ccc(Br)cc2)cc1. The van der Waals surface area contributed by atoms with Gasteiger partial charge in [-0.05, 0) is 36.6 Å². The number of hydrogen-bond acceptors (Lipinski definition) is 2. The second kappa shape index (κ2) is 6.53. The molecule has 0 atom stereocenters. The van der Waals surface area contributed by atoms with E-state index < -0.39 is 5.41 Å². The molecule has 0 heterocycles. The Bertz CT molecular complexity index is 542. The Hall–Kier alpha value is -1.16. The van der Waals surface area contributed by atoms with Crippen molar-refractivity contribution < 1.29 is 10.2 Å². The first-order valence-electron chi connectivity index (χ1n) is 6.63. The van der Waals surface area contributed by atoms with Crippen molar-refractivity contribution >= 4 is 15.9 Å². The van der Waals surface area contributed by atoms with E-state index in [0.29, 0.717) is 6.42 Å². The zero-order valence-electron chi connectivity index (χ0n) is 11.5. The molecule has 0 amide bonds. The van der Waals surface area contributed by atoms with Gasteiger partial charge in [-0.3, -0.25) is 0 Å². The molecule has 0 bridgehead atoms. The highest BCUT2D eigenvalue weighted by Crippen LogP contribution is 2.29. The van der Waals surface area contributed by atoms with Gasteiger partial charge in [0.15, 0.2) is 0 Å². The van der Waals surface area contributed by atoms with Crippen molar-refractivity contribution in [2.45, 2.75) is 18.8 Å². The molecule has 2 nitrogen and oxygen atoms in total. The lowest BCUT2D eigenvalue weighted by molar-refractivity contribution is 0.116. The summed E-state index contributed by atoms with van der Waals surface area (Å²) in [6, 6.07) is 16.0. The molecule has 0 aliphatic rings. The fourth-order valence-electron chi connectivity index (χ4n) is 2.35. The van der Waals surface area contributed by atoms with Crippen LogP contribution in [0.1, 0.15) is 16.7 Å². The third-order valence-electron chi connectivity index (χ3n) is 3.73. The van der Waals surface area contributed by atoms with Gasteiger partial charge in [0.2, 0.25) is 0 Å². The van der Waals surface area contributed by atoms with Gasteiger partial charge in [0.1, 0.15) is 0 Å². The first-order valence-corrected chi connectivity index (χ1v) is 7.42. The minimum absolute atomic E-state index is 0.0843. The third-order valence-corrected chi connectivity index (χ3v) is 4.25. The van der Waals surface area contributed by atoms with Crippen LogP contribution in [0.3, 0.4) is 0 Å². The minimum atomic E-state index is -0.643. The van der Waals surface area contributed by atoms with E-state index in [4.69, 9.17) is 0 Å². The van der Waals surface area contributed by atoms with Crippen LogP contribution in [0.25, 0.3) is 0 Å². The predicted molar refractivity (Wildman–Crippen MR) is 84.9 cm³/mol. The lowest BCUT2D eigenvalue weighted by Gasteiger charge is -2.30. The molecule has 2 aromatic rings. The van der Waals surface area contributed by atoms with Crippen LogP contribution in [-0.2, 0) is 11.8 Å². The number of rotatable bonds is 5. The van der Waals surface area contributed by atoms with Gasteiger partial charge >= 0.3 is 0 Å². The highest BCUT2D eigenvalue weighted by molar-refractivity contribution is 9.10. The summed E-state index contributed by atoms with van der Waals surface area (Å²) in [4.78, 5) is 0. The molecule has 0 aromatic heterocycles. The van der Waals surface area contributed by atoms with E-state index in [-0.39, 0.29) is 13.2 Å². The van der Waals surface area contributed by atoms with Crippen molar-refractivity contribution in [2.24, 2.45) is 0 Å². The molecule has 0 aliphatic heterocycles. The highest BCUT2D eigenvalue weighted by atomic mass is 79.9. The summed E-state index contributed by atoms with van der Waals surface area (Å²) in [7, 11) is 0. The number of halogens is 1. The van der Waals surface area contributed by atoms with E-state index in [9.17, 15) is 10.2 Å². The van der Waals surface area contributed by atoms with Gasteiger partial charge in [0.25, 0.3) is 0 Å². The molecule has 0 fully saturated rings. The number of aryl methyl sites for hydroxylation is 1. The molecule has 0 spiro atoms. The molecular formula is C17H19BrO2. The van der Waals surface area contributed by atoms with E-state index in [1.165, 1.54) is 5.56 Å². The van der Waals surface area contributed by atoms with Crippen LogP contribution in [0.5, 0.6) is 0 Å². The molecule has 0 saturated carbocycles. The van der Waals surface area contributed by atoms with Crippen LogP contribution in [0.2, 0.25) is 0 Å². The van der Waals surface area contributed by atoms with Crippen molar-refractivity contribution in [3.05, 3.63) is 69.7 Å². The smallest absolute Gasteiger partial charge is 0.0553 e. The Morgan fingerprint density at radius 1 is 0.900 bits per heavy atom. The van der Waals surface area contributed by atoms with Gasteiger partial charge in [-0.25, -0.2) is 0 Å². The second-order valence-electron chi connectivity index (χ2n) is 5.27. The normalized spacial score (nSPS) is 11.6. The van der Waals surface area contributed by atoms with E-state index in [1.54, 1.807) is 0 Å². The van der Waals surface area contributed by atoms with Crippen molar-refractivity contribution in [1.82, 2.24) is 0 Å². The molecule has 20 heavy (non-hydrogen) atoms. The maximum absolute atomic E-state index is 9.84. The molecule has 106 valence electrons. The van der Waals surface area contributed by atoms with E-state index in [1.807, 2.05) is 43.3 Å². The highest BCUT2D eigenvalue weighted by Gasteiger charge is 2.31. The molecule has 0 radical (unpaired) electrons. The van der Waals surface area contributed by atoms with Crippen molar-refractivity contribution in [1.29, 1.82) is 0 Å². The van der Waals surface area contributed by atoms with Crippen LogP contribution < -0.4 is 0 Å². The molecule has 2 N–H and O–H groups in total. The van der Waals surface area contributed by atoms with Gasteiger partial charge in [0, 0.05) is 9.89 Å². The molecule has 0 aliphatic carbocycles. The van der Waals surface area contributed by atoms with Crippen LogP contribution in [0.4, 0.5) is 0 Å². The summed E-state index contributed by atoms with van der Waals surface area (Å²) in [5.74, 6) is 0. The Morgan fingerprint density at radius 3 is 1.95 bits per heavy atom. The average Bonchev–Trinajstić information content (AvgIpc) is 2.48. The monoisotopic (exact) mass is 334 g/mol. The topological polar surface area (TPSA) is 40.5 Å². The van der Waals surface area contributed by atoms with Crippen molar-refractivity contribution in [2.75, 3.05) is 13.2 Å². The third kappa shape index (κ3) is 3.29. The zero-order valence-corrected chi connectivity index (χ0v) is 13.1. The number of aliphatic hydroxyl groups is 2. The summed E-state index contributed by atoms with van der Waals surface area (Å²) in [6.07, 6.45) is 0.613. The van der Waals surface area contributed by atoms with Crippen molar-refractivity contribution in [3.63, 3.8) is 0 Å². The van der Waals surface area contributed by atoms with Gasteiger partial charge in [-0.1, -0.05) is 57.9 Å². The van der Waals surface area contributed by atoms with E-state index in [0.717, 1.165) is 15.6 Å².